The van der Waals surface area contributed by atoms with E-state index in [1.54, 1.807) is 0 Å². The summed E-state index contributed by atoms with van der Waals surface area (Å²) in [6, 6.07) is 32.9. The number of hydrogen-bond donors (Lipinski definition) is 0. The summed E-state index contributed by atoms with van der Waals surface area (Å²) in [4.78, 5) is 2.25. The quantitative estimate of drug-likeness (QED) is 0.305. The molecule has 0 amide bonds. The first-order valence-corrected chi connectivity index (χ1v) is 9.36. The minimum Gasteiger partial charge on any atom is -0.345 e. The molecular formula is C26H21N. The normalized spacial score (nSPS) is 11.3. The third-order valence-corrected chi connectivity index (χ3v) is 5.54. The van der Waals surface area contributed by atoms with Crippen LogP contribution in [-0.4, -0.2) is 7.05 Å². The van der Waals surface area contributed by atoms with Crippen molar-refractivity contribution < 1.29 is 0 Å². The molecule has 0 aromatic heterocycles. The maximum atomic E-state index is 2.32. The standard InChI is InChI=1S/C26H21N/c1-18-11-13-19(14-12-18)27(2)20-15-16-25-23-9-4-3-7-21(23)22-8-5-6-10-24(22)26(25)17-20/h3-17H,1-2H3. The second kappa shape index (κ2) is 6.14. The van der Waals surface area contributed by atoms with Crippen LogP contribution in [0, 0.1) is 6.92 Å². The molecule has 0 aliphatic heterocycles. The van der Waals surface area contributed by atoms with Crippen LogP contribution in [0.3, 0.4) is 0 Å². The number of benzene rings is 5. The summed E-state index contributed by atoms with van der Waals surface area (Å²) in [6.45, 7) is 2.12. The van der Waals surface area contributed by atoms with E-state index in [9.17, 15) is 0 Å². The zero-order valence-corrected chi connectivity index (χ0v) is 15.6. The molecule has 0 heterocycles. The number of nitrogens with zero attached hydrogens (tertiary/aromatic N) is 1. The summed E-state index contributed by atoms with van der Waals surface area (Å²) in [5, 5.41) is 7.88. The van der Waals surface area contributed by atoms with Crippen LogP contribution in [0.4, 0.5) is 11.4 Å². The highest BCUT2D eigenvalue weighted by Crippen LogP contribution is 2.37. The number of rotatable bonds is 2. The Morgan fingerprint density at radius 3 is 1.48 bits per heavy atom. The minimum atomic E-state index is 1.20. The molecule has 1 nitrogen and oxygen atoms in total. The largest absolute Gasteiger partial charge is 0.345 e. The van der Waals surface area contributed by atoms with Crippen molar-refractivity contribution >= 4 is 43.7 Å². The second-order valence-corrected chi connectivity index (χ2v) is 7.22. The smallest absolute Gasteiger partial charge is 0.0414 e. The molecule has 0 bridgehead atoms. The summed E-state index contributed by atoms with van der Waals surface area (Å²) in [5.74, 6) is 0. The van der Waals surface area contributed by atoms with Gasteiger partial charge in [-0.2, -0.15) is 0 Å². The van der Waals surface area contributed by atoms with Crippen molar-refractivity contribution in [2.75, 3.05) is 11.9 Å². The lowest BCUT2D eigenvalue weighted by atomic mass is 9.94. The van der Waals surface area contributed by atoms with Gasteiger partial charge in [0.2, 0.25) is 0 Å². The Morgan fingerprint density at radius 2 is 0.926 bits per heavy atom. The number of fused-ring (bicyclic) bond motifs is 6. The Balaban J connectivity index is 1.79. The van der Waals surface area contributed by atoms with Crippen molar-refractivity contribution in [2.45, 2.75) is 6.92 Å². The Hall–Kier alpha value is -3.32. The third-order valence-electron chi connectivity index (χ3n) is 5.54. The molecule has 5 rings (SSSR count). The highest BCUT2D eigenvalue weighted by atomic mass is 15.1. The van der Waals surface area contributed by atoms with Gasteiger partial charge in [0.15, 0.2) is 0 Å². The fraction of sp³-hybridized carbons (Fsp3) is 0.0769. The van der Waals surface area contributed by atoms with Gasteiger partial charge in [-0.3, -0.25) is 0 Å². The molecular weight excluding hydrogens is 326 g/mol. The van der Waals surface area contributed by atoms with Gasteiger partial charge >= 0.3 is 0 Å². The van der Waals surface area contributed by atoms with Crippen molar-refractivity contribution in [3.63, 3.8) is 0 Å². The first kappa shape index (κ1) is 15.9. The van der Waals surface area contributed by atoms with E-state index in [2.05, 4.69) is 110 Å². The van der Waals surface area contributed by atoms with Gasteiger partial charge in [0, 0.05) is 18.4 Å². The Bertz CT molecular complexity index is 1250. The van der Waals surface area contributed by atoms with E-state index in [0.29, 0.717) is 0 Å². The van der Waals surface area contributed by atoms with Gasteiger partial charge in [0.25, 0.3) is 0 Å². The van der Waals surface area contributed by atoms with Crippen molar-refractivity contribution in [3.8, 4) is 0 Å². The van der Waals surface area contributed by atoms with Crippen LogP contribution in [-0.2, 0) is 0 Å². The Labute approximate surface area is 159 Å². The predicted molar refractivity (Wildman–Crippen MR) is 118 cm³/mol. The molecule has 0 saturated carbocycles. The molecule has 0 N–H and O–H groups in total. The highest BCUT2D eigenvalue weighted by Gasteiger charge is 2.10. The predicted octanol–water partition coefficient (Wildman–Crippen LogP) is 7.22. The van der Waals surface area contributed by atoms with E-state index < -0.39 is 0 Å². The number of hydrogen-bond acceptors (Lipinski definition) is 1. The zero-order valence-electron chi connectivity index (χ0n) is 15.6. The van der Waals surface area contributed by atoms with Gasteiger partial charge in [-0.15, -0.1) is 0 Å². The van der Waals surface area contributed by atoms with E-state index in [-0.39, 0.29) is 0 Å². The molecule has 0 atom stereocenters. The second-order valence-electron chi connectivity index (χ2n) is 7.22. The van der Waals surface area contributed by atoms with Crippen molar-refractivity contribution in [1.82, 2.24) is 0 Å². The topological polar surface area (TPSA) is 3.24 Å². The summed E-state index contributed by atoms with van der Waals surface area (Å²) in [7, 11) is 2.13. The van der Waals surface area contributed by atoms with E-state index in [1.807, 2.05) is 0 Å². The van der Waals surface area contributed by atoms with Crippen LogP contribution in [0.1, 0.15) is 5.56 Å². The fourth-order valence-corrected chi connectivity index (χ4v) is 4.02. The van der Waals surface area contributed by atoms with Crippen molar-refractivity contribution in [3.05, 3.63) is 96.6 Å². The van der Waals surface area contributed by atoms with Gasteiger partial charge < -0.3 is 4.90 Å². The molecule has 0 saturated heterocycles. The Morgan fingerprint density at radius 1 is 0.481 bits per heavy atom. The molecule has 0 unspecified atom stereocenters. The first-order valence-electron chi connectivity index (χ1n) is 9.36. The molecule has 0 fully saturated rings. The first-order chi connectivity index (χ1) is 13.2. The van der Waals surface area contributed by atoms with Crippen LogP contribution < -0.4 is 4.90 Å². The van der Waals surface area contributed by atoms with Gasteiger partial charge in [-0.05, 0) is 63.5 Å². The molecule has 5 aromatic carbocycles. The van der Waals surface area contributed by atoms with E-state index >= 15 is 0 Å². The fourth-order valence-electron chi connectivity index (χ4n) is 4.02. The summed E-state index contributed by atoms with van der Waals surface area (Å²) in [5.41, 5.74) is 3.68. The van der Waals surface area contributed by atoms with Gasteiger partial charge in [-0.1, -0.05) is 72.3 Å². The molecule has 130 valence electrons. The van der Waals surface area contributed by atoms with Gasteiger partial charge in [0.1, 0.15) is 0 Å². The Kier molecular flexibility index (Phi) is 3.61. The van der Waals surface area contributed by atoms with Gasteiger partial charge in [-0.25, -0.2) is 0 Å². The maximum Gasteiger partial charge on any atom is 0.0414 e. The van der Waals surface area contributed by atoms with E-state index in [4.69, 9.17) is 0 Å². The van der Waals surface area contributed by atoms with Crippen LogP contribution in [0.5, 0.6) is 0 Å². The molecule has 0 aliphatic rings. The van der Waals surface area contributed by atoms with Crippen molar-refractivity contribution in [2.24, 2.45) is 0 Å². The molecule has 1 heteroatoms. The lowest BCUT2D eigenvalue weighted by molar-refractivity contribution is 1.21. The van der Waals surface area contributed by atoms with Crippen LogP contribution in [0.25, 0.3) is 32.3 Å². The molecule has 0 spiro atoms. The number of anilines is 2. The minimum absolute atomic E-state index is 1.20. The van der Waals surface area contributed by atoms with Crippen LogP contribution >= 0.6 is 0 Å². The summed E-state index contributed by atoms with van der Waals surface area (Å²) in [6.07, 6.45) is 0. The molecule has 27 heavy (non-hydrogen) atoms. The summed E-state index contributed by atoms with van der Waals surface area (Å²) < 4.78 is 0. The van der Waals surface area contributed by atoms with Gasteiger partial charge in [0.05, 0.1) is 0 Å². The molecule has 5 aromatic rings. The monoisotopic (exact) mass is 347 g/mol. The van der Waals surface area contributed by atoms with Crippen LogP contribution in [0.2, 0.25) is 0 Å². The molecule has 0 aliphatic carbocycles. The zero-order chi connectivity index (χ0) is 18.4. The summed E-state index contributed by atoms with van der Waals surface area (Å²) >= 11 is 0. The van der Waals surface area contributed by atoms with Crippen LogP contribution in [0.15, 0.2) is 91.0 Å². The molecule has 0 radical (unpaired) electrons. The third kappa shape index (κ3) is 2.55. The average Bonchev–Trinajstić information content (AvgIpc) is 2.73. The highest BCUT2D eigenvalue weighted by molar-refractivity contribution is 6.25. The van der Waals surface area contributed by atoms with E-state index in [0.717, 1.165) is 0 Å². The lowest BCUT2D eigenvalue weighted by Crippen LogP contribution is -2.09. The van der Waals surface area contributed by atoms with E-state index in [1.165, 1.54) is 49.3 Å². The van der Waals surface area contributed by atoms with Crippen molar-refractivity contribution in [1.29, 1.82) is 0 Å². The average molecular weight is 347 g/mol. The maximum absolute atomic E-state index is 2.32. The lowest BCUT2D eigenvalue weighted by Gasteiger charge is -2.21. The number of aryl methyl sites for hydroxylation is 1. The SMILES string of the molecule is Cc1ccc(N(C)c2ccc3c4ccccc4c4ccccc4c3c2)cc1.